The van der Waals surface area contributed by atoms with Crippen molar-refractivity contribution in [1.82, 2.24) is 10.3 Å². The van der Waals surface area contributed by atoms with Crippen LogP contribution in [-0.4, -0.2) is 31.8 Å². The van der Waals surface area contributed by atoms with Crippen molar-refractivity contribution in [3.05, 3.63) is 82.8 Å². The van der Waals surface area contributed by atoms with Crippen LogP contribution in [0.25, 0.3) is 5.70 Å². The van der Waals surface area contributed by atoms with Gasteiger partial charge in [0.1, 0.15) is 0 Å². The Kier molecular flexibility index (Phi) is 10.1. The van der Waals surface area contributed by atoms with Gasteiger partial charge in [-0.1, -0.05) is 35.9 Å². The molecule has 0 aliphatic carbocycles. The second-order valence-electron chi connectivity index (χ2n) is 7.72. The molecule has 1 atom stereocenters. The van der Waals surface area contributed by atoms with E-state index >= 15 is 0 Å². The van der Waals surface area contributed by atoms with Crippen molar-refractivity contribution < 1.29 is 4.74 Å². The Labute approximate surface area is 181 Å². The van der Waals surface area contributed by atoms with E-state index in [1.807, 2.05) is 31.2 Å². The number of nitrogens with zero attached hydrogens (tertiary/aromatic N) is 1. The summed E-state index contributed by atoms with van der Waals surface area (Å²) >= 11 is 0. The number of hydrogen-bond donors (Lipinski definition) is 3. The van der Waals surface area contributed by atoms with Crippen LogP contribution < -0.4 is 16.8 Å². The zero-order chi connectivity index (χ0) is 21.8. The fraction of sp³-hybridized carbons (Fsp3) is 0.400. The minimum absolute atomic E-state index is 0.632. The van der Waals surface area contributed by atoms with Gasteiger partial charge in [0.2, 0.25) is 0 Å². The zero-order valence-electron chi connectivity index (χ0n) is 18.5. The van der Waals surface area contributed by atoms with E-state index in [1.165, 1.54) is 24.1 Å². The third-order valence-electron chi connectivity index (χ3n) is 5.20. The molecule has 1 aliphatic heterocycles. The fourth-order valence-corrected chi connectivity index (χ4v) is 3.36. The molecule has 1 aromatic heterocycles. The molecule has 2 heterocycles. The number of aromatic nitrogens is 1. The van der Waals surface area contributed by atoms with Crippen molar-refractivity contribution in [2.45, 2.75) is 39.0 Å². The van der Waals surface area contributed by atoms with Crippen LogP contribution in [0.1, 0.15) is 48.9 Å². The summed E-state index contributed by atoms with van der Waals surface area (Å²) in [6.07, 6.45) is 6.69. The van der Waals surface area contributed by atoms with Gasteiger partial charge in [0.25, 0.3) is 0 Å². The maximum absolute atomic E-state index is 6.02. The van der Waals surface area contributed by atoms with Crippen LogP contribution in [-0.2, 0) is 4.74 Å². The van der Waals surface area contributed by atoms with Gasteiger partial charge in [-0.3, -0.25) is 4.98 Å². The molecule has 0 spiro atoms. The van der Waals surface area contributed by atoms with Crippen molar-refractivity contribution in [3.8, 4) is 0 Å². The molecule has 1 fully saturated rings. The van der Waals surface area contributed by atoms with Gasteiger partial charge in [-0.05, 0) is 74.9 Å². The molecule has 0 amide bonds. The van der Waals surface area contributed by atoms with Gasteiger partial charge in [-0.15, -0.1) is 0 Å². The lowest BCUT2D eigenvalue weighted by Gasteiger charge is -2.07. The van der Waals surface area contributed by atoms with Gasteiger partial charge in [0.15, 0.2) is 0 Å². The lowest BCUT2D eigenvalue weighted by atomic mass is 9.98. The Morgan fingerprint density at radius 2 is 1.97 bits per heavy atom. The zero-order valence-corrected chi connectivity index (χ0v) is 18.5. The average molecular weight is 409 g/mol. The maximum Gasteiger partial charge on any atom is 0.0858 e. The van der Waals surface area contributed by atoms with E-state index in [0.29, 0.717) is 12.3 Å². The van der Waals surface area contributed by atoms with Gasteiger partial charge in [0, 0.05) is 32.2 Å². The first kappa shape index (κ1) is 23.6. The quantitative estimate of drug-likeness (QED) is 0.474. The second-order valence-corrected chi connectivity index (χ2v) is 7.72. The molecule has 0 saturated carbocycles. The highest BCUT2D eigenvalue weighted by molar-refractivity contribution is 5.62. The Bertz CT molecular complexity index is 803. The molecule has 0 radical (unpaired) electrons. The molecule has 5 heteroatoms. The molecule has 30 heavy (non-hydrogen) atoms. The molecule has 1 unspecified atom stereocenters. The topological polar surface area (TPSA) is 86.2 Å². The van der Waals surface area contributed by atoms with Gasteiger partial charge < -0.3 is 21.5 Å². The number of rotatable bonds is 7. The average Bonchev–Trinajstić information content (AvgIpc) is 3.29. The summed E-state index contributed by atoms with van der Waals surface area (Å²) in [6.45, 7) is 7.07. The molecule has 3 rings (SSSR count). The van der Waals surface area contributed by atoms with Gasteiger partial charge in [-0.25, -0.2) is 0 Å². The highest BCUT2D eigenvalue weighted by Crippen LogP contribution is 2.22. The minimum atomic E-state index is 0.632. The Morgan fingerprint density at radius 3 is 2.53 bits per heavy atom. The molecule has 0 bridgehead atoms. The molecule has 5 nitrogen and oxygen atoms in total. The molecular weight excluding hydrogens is 372 g/mol. The summed E-state index contributed by atoms with van der Waals surface area (Å²) in [5.74, 6) is 0.755. The normalized spacial score (nSPS) is 17.2. The number of nitrogens with one attached hydrogen (secondary N) is 1. The van der Waals surface area contributed by atoms with Gasteiger partial charge >= 0.3 is 0 Å². The fourth-order valence-electron chi connectivity index (χ4n) is 3.36. The SMILES string of the molecule is COCCCC(/C=C(\N)c1ccccn1)=C(\C)N.Cc1ccc(C2CCNC2)cc1. The number of benzene rings is 1. The van der Waals surface area contributed by atoms with Gasteiger partial charge in [-0.2, -0.15) is 0 Å². The molecule has 162 valence electrons. The lowest BCUT2D eigenvalue weighted by molar-refractivity contribution is 0.195. The van der Waals surface area contributed by atoms with E-state index in [-0.39, 0.29) is 0 Å². The third-order valence-corrected chi connectivity index (χ3v) is 5.20. The Hall–Kier alpha value is -2.63. The number of ether oxygens (including phenoxy) is 1. The van der Waals surface area contributed by atoms with Crippen LogP contribution in [0.15, 0.2) is 66.0 Å². The van der Waals surface area contributed by atoms with Crippen molar-refractivity contribution in [3.63, 3.8) is 0 Å². The smallest absolute Gasteiger partial charge is 0.0858 e. The molecule has 2 aromatic rings. The Balaban J connectivity index is 0.000000230. The monoisotopic (exact) mass is 408 g/mol. The van der Waals surface area contributed by atoms with E-state index in [4.69, 9.17) is 16.2 Å². The second kappa shape index (κ2) is 12.8. The predicted molar refractivity (Wildman–Crippen MR) is 126 cm³/mol. The van der Waals surface area contributed by atoms with Crippen LogP contribution in [0.2, 0.25) is 0 Å². The molecule has 5 N–H and O–H groups in total. The summed E-state index contributed by atoms with van der Waals surface area (Å²) in [5.41, 5.74) is 17.9. The van der Waals surface area contributed by atoms with E-state index in [2.05, 4.69) is 41.5 Å². The van der Waals surface area contributed by atoms with E-state index in [1.54, 1.807) is 13.3 Å². The predicted octanol–water partition coefficient (Wildman–Crippen LogP) is 4.11. The van der Waals surface area contributed by atoms with E-state index in [9.17, 15) is 0 Å². The summed E-state index contributed by atoms with van der Waals surface area (Å²) < 4.78 is 5.03. The summed E-state index contributed by atoms with van der Waals surface area (Å²) in [5, 5.41) is 3.39. The van der Waals surface area contributed by atoms with Gasteiger partial charge in [0.05, 0.1) is 11.4 Å². The largest absolute Gasteiger partial charge is 0.402 e. The molecule has 1 aliphatic rings. The summed E-state index contributed by atoms with van der Waals surface area (Å²) in [4.78, 5) is 4.21. The number of pyridine rings is 1. The lowest BCUT2D eigenvalue weighted by Crippen LogP contribution is -2.07. The van der Waals surface area contributed by atoms with Crippen molar-refractivity contribution in [1.29, 1.82) is 0 Å². The number of methoxy groups -OCH3 is 1. The van der Waals surface area contributed by atoms with Crippen LogP contribution in [0.3, 0.4) is 0 Å². The summed E-state index contributed by atoms with van der Waals surface area (Å²) in [7, 11) is 1.69. The van der Waals surface area contributed by atoms with E-state index < -0.39 is 0 Å². The number of nitrogens with two attached hydrogens (primary N) is 2. The summed E-state index contributed by atoms with van der Waals surface area (Å²) in [6, 6.07) is 14.6. The minimum Gasteiger partial charge on any atom is -0.402 e. The third kappa shape index (κ3) is 8.01. The Morgan fingerprint density at radius 1 is 1.20 bits per heavy atom. The van der Waals surface area contributed by atoms with Crippen LogP contribution in [0.5, 0.6) is 0 Å². The first-order valence-electron chi connectivity index (χ1n) is 10.6. The number of aryl methyl sites for hydroxylation is 1. The number of allylic oxidation sites excluding steroid dienone is 3. The van der Waals surface area contributed by atoms with Crippen LogP contribution in [0.4, 0.5) is 0 Å². The highest BCUT2D eigenvalue weighted by atomic mass is 16.5. The number of hydrogen-bond acceptors (Lipinski definition) is 5. The highest BCUT2D eigenvalue weighted by Gasteiger charge is 2.15. The van der Waals surface area contributed by atoms with Crippen LogP contribution in [0, 0.1) is 6.92 Å². The van der Waals surface area contributed by atoms with Crippen molar-refractivity contribution >= 4 is 5.70 Å². The van der Waals surface area contributed by atoms with Crippen LogP contribution >= 0.6 is 0 Å². The first-order chi connectivity index (χ1) is 14.5. The molecule has 1 aromatic carbocycles. The van der Waals surface area contributed by atoms with Crippen molar-refractivity contribution in [2.24, 2.45) is 11.5 Å². The molecular formula is C25H36N4O. The maximum atomic E-state index is 6.02. The molecule has 1 saturated heterocycles. The standard InChI is InChI=1S/C14H21N3O.C11H15N/c1-11(15)12(6-5-9-18-2)10-13(16)14-7-3-4-8-17-14;1-9-2-4-10(5-3-9)11-6-7-12-8-11/h3-4,7-8,10H,5-6,9,15-16H2,1-2H3;2-5,11-12H,6-8H2,1H3/b12-11-,13-10-;. The van der Waals surface area contributed by atoms with E-state index in [0.717, 1.165) is 42.3 Å². The van der Waals surface area contributed by atoms with Crippen molar-refractivity contribution in [2.75, 3.05) is 26.8 Å². The first-order valence-corrected chi connectivity index (χ1v) is 10.6.